The molecule has 0 spiro atoms. The second-order valence-corrected chi connectivity index (χ2v) is 8.92. The first-order valence-electron chi connectivity index (χ1n) is 7.90. The molecule has 3 aromatic rings. The quantitative estimate of drug-likeness (QED) is 0.630. The van der Waals surface area contributed by atoms with Gasteiger partial charge in [0.15, 0.2) is 5.13 Å². The summed E-state index contributed by atoms with van der Waals surface area (Å²) in [5.41, 5.74) is 0.104. The molecule has 0 aliphatic rings. The summed E-state index contributed by atoms with van der Waals surface area (Å²) < 4.78 is 0. The molecule has 0 saturated carbocycles. The van der Waals surface area contributed by atoms with Crippen LogP contribution in [-0.4, -0.2) is 21.8 Å². The van der Waals surface area contributed by atoms with Gasteiger partial charge in [0.2, 0.25) is 11.8 Å². The van der Waals surface area contributed by atoms with Gasteiger partial charge in [-0.05, 0) is 25.3 Å². The molecule has 0 aliphatic heterocycles. The molecule has 0 unspecified atom stereocenters. The van der Waals surface area contributed by atoms with Crippen LogP contribution in [0.2, 0.25) is 0 Å². The molecule has 136 valence electrons. The fourth-order valence-electron chi connectivity index (χ4n) is 2.32. The van der Waals surface area contributed by atoms with Crippen LogP contribution in [0.3, 0.4) is 0 Å². The van der Waals surface area contributed by atoms with Crippen LogP contribution in [-0.2, 0) is 28.0 Å². The van der Waals surface area contributed by atoms with Crippen molar-refractivity contribution in [3.8, 4) is 0 Å². The van der Waals surface area contributed by atoms with Crippen LogP contribution in [0.1, 0.15) is 29.4 Å². The van der Waals surface area contributed by atoms with Crippen LogP contribution >= 0.6 is 34.0 Å². The maximum absolute atomic E-state index is 12.3. The van der Waals surface area contributed by atoms with E-state index in [1.54, 1.807) is 22.9 Å². The van der Waals surface area contributed by atoms with Crippen LogP contribution in [0.25, 0.3) is 0 Å². The normalized spacial score (nSPS) is 11.3. The Morgan fingerprint density at radius 2 is 1.96 bits per heavy atom. The maximum Gasteiger partial charge on any atom is 0.231 e. The van der Waals surface area contributed by atoms with Crippen LogP contribution in [0.5, 0.6) is 0 Å². The van der Waals surface area contributed by atoms with Gasteiger partial charge in [-0.3, -0.25) is 9.59 Å². The number of carbonyl (C=O) groups is 2. The largest absolute Gasteiger partial charge is 0.344 e. The van der Waals surface area contributed by atoms with Crippen molar-refractivity contribution >= 4 is 51.0 Å². The number of carbonyl (C=O) groups excluding carboxylic acids is 2. The lowest BCUT2D eigenvalue weighted by atomic mass is 10.1. The van der Waals surface area contributed by atoms with Gasteiger partial charge in [0.25, 0.3) is 0 Å². The molecule has 2 N–H and O–H groups in total. The molecule has 26 heavy (non-hydrogen) atoms. The van der Waals surface area contributed by atoms with Gasteiger partial charge in [0, 0.05) is 21.8 Å². The molecule has 0 aliphatic carbocycles. The highest BCUT2D eigenvalue weighted by Crippen LogP contribution is 2.22. The van der Waals surface area contributed by atoms with Crippen molar-refractivity contribution in [1.29, 1.82) is 0 Å². The third-order valence-corrected chi connectivity index (χ3v) is 6.25. The standard InChI is InChI=1S/C17H18N4O2S3/c1-17(2,15-18-5-7-25-15)21-14(23)8-11-10-26-16(19-11)20-13(22)9-12-4-3-6-24-12/h3-7,10H,8-9H2,1-2H3,(H,21,23)(H,19,20,22). The lowest BCUT2D eigenvalue weighted by Crippen LogP contribution is -2.41. The number of anilines is 1. The van der Waals surface area contributed by atoms with Crippen molar-refractivity contribution in [2.45, 2.75) is 32.2 Å². The number of hydrogen-bond acceptors (Lipinski definition) is 7. The molecule has 3 heterocycles. The average molecular weight is 407 g/mol. The van der Waals surface area contributed by atoms with Crippen molar-refractivity contribution in [1.82, 2.24) is 15.3 Å². The van der Waals surface area contributed by atoms with Crippen LogP contribution in [0.4, 0.5) is 5.13 Å². The van der Waals surface area contributed by atoms with Gasteiger partial charge in [-0.2, -0.15) is 0 Å². The summed E-state index contributed by atoms with van der Waals surface area (Å²) in [6.07, 6.45) is 2.21. The molecule has 9 heteroatoms. The SMILES string of the molecule is CC(C)(NC(=O)Cc1csc(NC(=O)Cc2cccs2)n1)c1nccs1. The topological polar surface area (TPSA) is 84.0 Å². The number of rotatable bonds is 7. The minimum Gasteiger partial charge on any atom is -0.344 e. The number of aromatic nitrogens is 2. The molecule has 0 radical (unpaired) electrons. The molecule has 0 bridgehead atoms. The second kappa shape index (κ2) is 8.07. The van der Waals surface area contributed by atoms with Gasteiger partial charge < -0.3 is 10.6 Å². The monoisotopic (exact) mass is 406 g/mol. The summed E-state index contributed by atoms with van der Waals surface area (Å²) in [4.78, 5) is 33.9. The van der Waals surface area contributed by atoms with Crippen LogP contribution in [0.15, 0.2) is 34.5 Å². The van der Waals surface area contributed by atoms with E-state index in [4.69, 9.17) is 0 Å². The van der Waals surface area contributed by atoms with Gasteiger partial charge >= 0.3 is 0 Å². The molecule has 0 atom stereocenters. The van der Waals surface area contributed by atoms with Crippen molar-refractivity contribution in [2.75, 3.05) is 5.32 Å². The Labute approximate surface area is 163 Å². The molecule has 3 aromatic heterocycles. The van der Waals surface area contributed by atoms with Crippen molar-refractivity contribution in [3.05, 3.63) is 50.0 Å². The zero-order valence-corrected chi connectivity index (χ0v) is 16.8. The summed E-state index contributed by atoms with van der Waals surface area (Å²) in [5.74, 6) is -0.241. The Balaban J connectivity index is 1.53. The van der Waals surface area contributed by atoms with E-state index >= 15 is 0 Å². The highest BCUT2D eigenvalue weighted by atomic mass is 32.1. The summed E-state index contributed by atoms with van der Waals surface area (Å²) in [5, 5.41) is 12.7. The predicted molar refractivity (Wildman–Crippen MR) is 106 cm³/mol. The van der Waals surface area contributed by atoms with Crippen molar-refractivity contribution in [3.63, 3.8) is 0 Å². The Kier molecular flexibility index (Phi) is 5.80. The number of amides is 2. The molecule has 0 aromatic carbocycles. The number of nitrogens with one attached hydrogen (secondary N) is 2. The van der Waals surface area contributed by atoms with Crippen molar-refractivity contribution in [2.24, 2.45) is 0 Å². The summed E-state index contributed by atoms with van der Waals surface area (Å²) >= 11 is 4.37. The Hall–Kier alpha value is -2.10. The van der Waals surface area contributed by atoms with E-state index in [0.717, 1.165) is 9.88 Å². The second-order valence-electron chi connectivity index (χ2n) is 6.14. The van der Waals surface area contributed by atoms with E-state index in [1.807, 2.05) is 36.7 Å². The van der Waals surface area contributed by atoms with Crippen molar-refractivity contribution < 1.29 is 9.59 Å². The Morgan fingerprint density at radius 3 is 2.65 bits per heavy atom. The molecule has 2 amide bonds. The molecule has 6 nitrogen and oxygen atoms in total. The minimum atomic E-state index is -0.529. The van der Waals surface area contributed by atoms with Gasteiger partial charge in [-0.15, -0.1) is 34.0 Å². The molecule has 0 fully saturated rings. The molecule has 3 rings (SSSR count). The van der Waals surface area contributed by atoms with Crippen LogP contribution in [0, 0.1) is 0 Å². The van der Waals surface area contributed by atoms with E-state index in [0.29, 0.717) is 17.2 Å². The van der Waals surface area contributed by atoms with E-state index in [1.165, 1.54) is 22.7 Å². The highest BCUT2D eigenvalue weighted by molar-refractivity contribution is 7.14. The Bertz CT molecular complexity index is 870. The third kappa shape index (κ3) is 4.96. The number of hydrogen-bond donors (Lipinski definition) is 2. The smallest absolute Gasteiger partial charge is 0.231 e. The number of thiazole rings is 2. The Morgan fingerprint density at radius 1 is 1.12 bits per heavy atom. The van der Waals surface area contributed by atoms with E-state index in [2.05, 4.69) is 20.6 Å². The average Bonchev–Trinajstić information content (AvgIpc) is 3.28. The van der Waals surface area contributed by atoms with Gasteiger partial charge in [0.1, 0.15) is 5.01 Å². The van der Waals surface area contributed by atoms with E-state index in [-0.39, 0.29) is 18.2 Å². The number of thiophene rings is 1. The lowest BCUT2D eigenvalue weighted by molar-refractivity contribution is -0.122. The molecular weight excluding hydrogens is 388 g/mol. The van der Waals surface area contributed by atoms with E-state index in [9.17, 15) is 9.59 Å². The fraction of sp³-hybridized carbons (Fsp3) is 0.294. The van der Waals surface area contributed by atoms with Crippen LogP contribution < -0.4 is 10.6 Å². The van der Waals surface area contributed by atoms with Gasteiger partial charge in [-0.1, -0.05) is 6.07 Å². The summed E-state index contributed by atoms with van der Waals surface area (Å²) in [6.45, 7) is 3.84. The van der Waals surface area contributed by atoms with Gasteiger partial charge in [-0.25, -0.2) is 9.97 Å². The molecule has 0 saturated heterocycles. The predicted octanol–water partition coefficient (Wildman–Crippen LogP) is 3.44. The van der Waals surface area contributed by atoms with E-state index < -0.39 is 5.54 Å². The first-order chi connectivity index (χ1) is 12.4. The maximum atomic E-state index is 12.3. The minimum absolute atomic E-state index is 0.109. The first-order valence-corrected chi connectivity index (χ1v) is 10.5. The lowest BCUT2D eigenvalue weighted by Gasteiger charge is -2.23. The van der Waals surface area contributed by atoms with Gasteiger partial charge in [0.05, 0.1) is 24.1 Å². The fourth-order valence-corrected chi connectivity index (χ4v) is 4.47. The zero-order valence-electron chi connectivity index (χ0n) is 14.3. The summed E-state index contributed by atoms with van der Waals surface area (Å²) in [6, 6.07) is 3.84. The third-order valence-electron chi connectivity index (χ3n) is 3.47. The number of nitrogens with zero attached hydrogens (tertiary/aromatic N) is 2. The summed E-state index contributed by atoms with van der Waals surface area (Å²) in [7, 11) is 0. The highest BCUT2D eigenvalue weighted by Gasteiger charge is 2.25. The first kappa shape index (κ1) is 18.7. The molecular formula is C17H18N4O2S3. The zero-order chi connectivity index (χ0) is 18.6.